The number of benzene rings is 1. The quantitative estimate of drug-likeness (QED) is 0.832. The lowest BCUT2D eigenvalue weighted by molar-refractivity contribution is 0.471. The maximum atomic E-state index is 13.1. The third-order valence-corrected chi connectivity index (χ3v) is 2.64. The summed E-state index contributed by atoms with van der Waals surface area (Å²) < 4.78 is 18.6. The zero-order valence-electron chi connectivity index (χ0n) is 9.35. The van der Waals surface area contributed by atoms with Crippen molar-refractivity contribution in [1.29, 1.82) is 5.41 Å². The second kappa shape index (κ2) is 4.07. The monoisotopic (exact) mass is 240 g/mol. The molecule has 0 radical (unpaired) electrons. The van der Waals surface area contributed by atoms with Gasteiger partial charge in [-0.2, -0.15) is 0 Å². The van der Waals surface area contributed by atoms with Crippen molar-refractivity contribution in [2.24, 2.45) is 0 Å². The number of hydrogen-bond donors (Lipinski definition) is 1. The lowest BCUT2D eigenvalue weighted by Crippen LogP contribution is -1.98. The van der Waals surface area contributed by atoms with E-state index in [9.17, 15) is 4.39 Å². The summed E-state index contributed by atoms with van der Waals surface area (Å²) in [6.45, 7) is 0. The summed E-state index contributed by atoms with van der Waals surface area (Å²) in [5.74, 6) is 0.513. The molecule has 0 atom stereocenters. The first-order valence-electron chi connectivity index (χ1n) is 5.43. The molecule has 0 fully saturated rings. The van der Waals surface area contributed by atoms with Crippen LogP contribution < -0.4 is 4.74 Å². The van der Waals surface area contributed by atoms with Crippen molar-refractivity contribution >= 4 is 11.8 Å². The SMILES string of the molecule is N=C1/C(=C/c2ccccn2)Oc2ccc(F)cc21. The molecule has 1 aliphatic heterocycles. The molecule has 0 saturated carbocycles. The second-order valence-corrected chi connectivity index (χ2v) is 3.88. The van der Waals surface area contributed by atoms with Gasteiger partial charge in [-0.1, -0.05) is 6.07 Å². The molecule has 2 heterocycles. The van der Waals surface area contributed by atoms with Gasteiger partial charge in [0.05, 0.1) is 5.69 Å². The van der Waals surface area contributed by atoms with Gasteiger partial charge >= 0.3 is 0 Å². The van der Waals surface area contributed by atoms with E-state index in [1.807, 2.05) is 18.2 Å². The minimum absolute atomic E-state index is 0.176. The summed E-state index contributed by atoms with van der Waals surface area (Å²) in [6, 6.07) is 9.62. The average molecular weight is 240 g/mol. The molecule has 0 spiro atoms. The molecule has 0 bridgehead atoms. The van der Waals surface area contributed by atoms with Gasteiger partial charge in [-0.3, -0.25) is 10.4 Å². The van der Waals surface area contributed by atoms with Gasteiger partial charge in [0.15, 0.2) is 5.76 Å². The fourth-order valence-electron chi connectivity index (χ4n) is 1.79. The Labute approximate surface area is 103 Å². The van der Waals surface area contributed by atoms with Crippen LogP contribution in [0.3, 0.4) is 0 Å². The van der Waals surface area contributed by atoms with E-state index in [1.165, 1.54) is 18.2 Å². The Hall–Kier alpha value is -2.49. The molecule has 3 rings (SSSR count). The molecule has 0 saturated heterocycles. The number of pyridine rings is 1. The van der Waals surface area contributed by atoms with Crippen LogP contribution in [0.25, 0.3) is 6.08 Å². The Bertz CT molecular complexity index is 650. The fourth-order valence-corrected chi connectivity index (χ4v) is 1.79. The van der Waals surface area contributed by atoms with Gasteiger partial charge in [0.25, 0.3) is 0 Å². The Balaban J connectivity index is 2.00. The molecule has 1 N–H and O–H groups in total. The lowest BCUT2D eigenvalue weighted by atomic mass is 10.1. The Morgan fingerprint density at radius 2 is 2.11 bits per heavy atom. The van der Waals surface area contributed by atoms with Crippen LogP contribution in [0, 0.1) is 11.2 Å². The van der Waals surface area contributed by atoms with Crippen LogP contribution in [0.1, 0.15) is 11.3 Å². The van der Waals surface area contributed by atoms with E-state index < -0.39 is 0 Å². The molecule has 2 aromatic rings. The van der Waals surface area contributed by atoms with E-state index >= 15 is 0 Å². The van der Waals surface area contributed by atoms with Crippen LogP contribution in [0.5, 0.6) is 5.75 Å². The zero-order valence-corrected chi connectivity index (χ0v) is 9.35. The highest BCUT2D eigenvalue weighted by molar-refractivity contribution is 6.16. The van der Waals surface area contributed by atoms with E-state index in [0.29, 0.717) is 22.8 Å². The molecule has 18 heavy (non-hydrogen) atoms. The second-order valence-electron chi connectivity index (χ2n) is 3.88. The highest BCUT2D eigenvalue weighted by atomic mass is 19.1. The number of aromatic nitrogens is 1. The van der Waals surface area contributed by atoms with Crippen LogP contribution in [-0.4, -0.2) is 10.7 Å². The van der Waals surface area contributed by atoms with Gasteiger partial charge in [0.2, 0.25) is 0 Å². The lowest BCUT2D eigenvalue weighted by Gasteiger charge is -1.98. The van der Waals surface area contributed by atoms with Crippen LogP contribution >= 0.6 is 0 Å². The molecule has 1 aromatic heterocycles. The van der Waals surface area contributed by atoms with Crippen LogP contribution in [0.4, 0.5) is 4.39 Å². The zero-order chi connectivity index (χ0) is 12.5. The highest BCUT2D eigenvalue weighted by Gasteiger charge is 2.24. The summed E-state index contributed by atoms with van der Waals surface area (Å²) in [7, 11) is 0. The summed E-state index contributed by atoms with van der Waals surface area (Å²) in [4.78, 5) is 4.13. The Kier molecular flexibility index (Phi) is 2.41. The van der Waals surface area contributed by atoms with Crippen molar-refractivity contribution < 1.29 is 9.13 Å². The number of halogens is 1. The third kappa shape index (κ3) is 1.78. The number of nitrogens with zero attached hydrogens (tertiary/aromatic N) is 1. The Morgan fingerprint density at radius 3 is 2.89 bits per heavy atom. The minimum atomic E-state index is -0.374. The van der Waals surface area contributed by atoms with Crippen LogP contribution in [0.15, 0.2) is 48.4 Å². The summed E-state index contributed by atoms with van der Waals surface area (Å²) in [5, 5.41) is 7.95. The largest absolute Gasteiger partial charge is 0.454 e. The number of hydrogen-bond acceptors (Lipinski definition) is 3. The van der Waals surface area contributed by atoms with Crippen molar-refractivity contribution in [3.8, 4) is 5.75 Å². The minimum Gasteiger partial charge on any atom is -0.454 e. The van der Waals surface area contributed by atoms with Gasteiger partial charge in [-0.15, -0.1) is 0 Å². The van der Waals surface area contributed by atoms with E-state index in [1.54, 1.807) is 12.3 Å². The number of rotatable bonds is 1. The van der Waals surface area contributed by atoms with Gasteiger partial charge in [-0.05, 0) is 30.3 Å². The topological polar surface area (TPSA) is 46.0 Å². The average Bonchev–Trinajstić information content (AvgIpc) is 2.68. The summed E-state index contributed by atoms with van der Waals surface area (Å²) in [5.41, 5.74) is 1.35. The predicted octanol–water partition coefficient (Wildman–Crippen LogP) is 3.02. The van der Waals surface area contributed by atoms with Crippen molar-refractivity contribution in [3.05, 3.63) is 65.4 Å². The summed E-state index contributed by atoms with van der Waals surface area (Å²) in [6.07, 6.45) is 3.33. The number of fused-ring (bicyclic) bond motifs is 1. The smallest absolute Gasteiger partial charge is 0.155 e. The molecule has 0 aliphatic carbocycles. The maximum Gasteiger partial charge on any atom is 0.155 e. The van der Waals surface area contributed by atoms with Gasteiger partial charge in [0, 0.05) is 17.8 Å². The predicted molar refractivity (Wildman–Crippen MR) is 66.1 cm³/mol. The molecule has 88 valence electrons. The first kappa shape index (κ1) is 10.7. The van der Waals surface area contributed by atoms with E-state index in [4.69, 9.17) is 10.1 Å². The molecule has 0 unspecified atom stereocenters. The Morgan fingerprint density at radius 1 is 1.22 bits per heavy atom. The molecule has 4 heteroatoms. The molecular formula is C14H9FN2O. The fraction of sp³-hybridized carbons (Fsp3) is 0. The number of ether oxygens (including phenoxy) is 1. The van der Waals surface area contributed by atoms with E-state index in [0.717, 1.165) is 0 Å². The van der Waals surface area contributed by atoms with E-state index in [2.05, 4.69) is 4.98 Å². The van der Waals surface area contributed by atoms with Gasteiger partial charge in [0.1, 0.15) is 17.3 Å². The molecule has 1 aliphatic rings. The molecule has 3 nitrogen and oxygen atoms in total. The first-order valence-corrected chi connectivity index (χ1v) is 5.43. The van der Waals surface area contributed by atoms with Gasteiger partial charge < -0.3 is 4.74 Å². The third-order valence-electron chi connectivity index (χ3n) is 2.64. The normalized spacial score (nSPS) is 15.6. The molecular weight excluding hydrogens is 231 g/mol. The van der Waals surface area contributed by atoms with Crippen LogP contribution in [-0.2, 0) is 0 Å². The van der Waals surface area contributed by atoms with Gasteiger partial charge in [-0.25, -0.2) is 4.39 Å². The van der Waals surface area contributed by atoms with Crippen molar-refractivity contribution in [3.63, 3.8) is 0 Å². The van der Waals surface area contributed by atoms with E-state index in [-0.39, 0.29) is 11.5 Å². The number of nitrogens with one attached hydrogen (secondary N) is 1. The highest BCUT2D eigenvalue weighted by Crippen LogP contribution is 2.31. The van der Waals surface area contributed by atoms with Crippen LogP contribution in [0.2, 0.25) is 0 Å². The van der Waals surface area contributed by atoms with Crippen molar-refractivity contribution in [1.82, 2.24) is 4.98 Å². The first-order chi connectivity index (χ1) is 8.74. The summed E-state index contributed by atoms with van der Waals surface area (Å²) >= 11 is 0. The number of allylic oxidation sites excluding steroid dienone is 1. The molecule has 0 amide bonds. The maximum absolute atomic E-state index is 13.1. The van der Waals surface area contributed by atoms with Crippen molar-refractivity contribution in [2.45, 2.75) is 0 Å². The standard InChI is InChI=1S/C14H9FN2O/c15-9-4-5-12-11(7-9)14(16)13(18-12)8-10-3-1-2-6-17-10/h1-8,16H/b13-8-,16-14?. The molecule has 1 aromatic carbocycles. The van der Waals surface area contributed by atoms with Crippen molar-refractivity contribution in [2.75, 3.05) is 0 Å².